The third-order valence-electron chi connectivity index (χ3n) is 4.08. The lowest BCUT2D eigenvalue weighted by Gasteiger charge is -2.50. The standard InChI is InChI=1S/C15H26N2O4/c1-15(2,3)21-14(19)17-11-6-10(13(18)20-5)7-12(17)9-16(4)8-11/h10-12H,6-9H2,1-5H3. The Labute approximate surface area is 126 Å². The average molecular weight is 298 g/mol. The second-order valence-corrected chi connectivity index (χ2v) is 7.11. The van der Waals surface area contributed by atoms with E-state index in [1.807, 2.05) is 32.7 Å². The minimum absolute atomic E-state index is 0.0152. The number of fused-ring (bicyclic) bond motifs is 2. The van der Waals surface area contributed by atoms with Gasteiger partial charge in [-0.05, 0) is 40.7 Å². The number of nitrogens with zero attached hydrogens (tertiary/aromatic N) is 2. The van der Waals surface area contributed by atoms with Crippen LogP contribution in [0.1, 0.15) is 33.6 Å². The van der Waals surface area contributed by atoms with E-state index >= 15 is 0 Å². The van der Waals surface area contributed by atoms with Crippen LogP contribution >= 0.6 is 0 Å². The maximum atomic E-state index is 12.4. The topological polar surface area (TPSA) is 59.1 Å². The van der Waals surface area contributed by atoms with Crippen LogP contribution < -0.4 is 0 Å². The van der Waals surface area contributed by atoms with Crippen LogP contribution in [0.15, 0.2) is 0 Å². The van der Waals surface area contributed by atoms with Gasteiger partial charge in [0.05, 0.1) is 13.0 Å². The molecule has 0 radical (unpaired) electrons. The molecule has 2 bridgehead atoms. The molecule has 1 amide bonds. The second-order valence-electron chi connectivity index (χ2n) is 7.11. The molecular weight excluding hydrogens is 272 g/mol. The summed E-state index contributed by atoms with van der Waals surface area (Å²) < 4.78 is 10.4. The van der Waals surface area contributed by atoms with E-state index in [0.717, 1.165) is 13.1 Å². The Bertz CT molecular complexity index is 402. The number of piperidine rings is 1. The van der Waals surface area contributed by atoms with E-state index in [9.17, 15) is 9.59 Å². The molecule has 2 saturated heterocycles. The van der Waals surface area contributed by atoms with Crippen molar-refractivity contribution in [3.05, 3.63) is 0 Å². The van der Waals surface area contributed by atoms with Gasteiger partial charge < -0.3 is 14.4 Å². The average Bonchev–Trinajstić information content (AvgIpc) is 2.33. The largest absolute Gasteiger partial charge is 0.469 e. The number of rotatable bonds is 1. The van der Waals surface area contributed by atoms with Gasteiger partial charge >= 0.3 is 12.1 Å². The van der Waals surface area contributed by atoms with Crippen LogP contribution in [-0.2, 0) is 14.3 Å². The quantitative estimate of drug-likeness (QED) is 0.686. The highest BCUT2D eigenvalue weighted by atomic mass is 16.6. The van der Waals surface area contributed by atoms with Gasteiger partial charge in [-0.2, -0.15) is 0 Å². The van der Waals surface area contributed by atoms with Crippen molar-refractivity contribution in [1.29, 1.82) is 0 Å². The Hall–Kier alpha value is -1.30. The maximum Gasteiger partial charge on any atom is 0.410 e. The Kier molecular flexibility index (Phi) is 4.46. The van der Waals surface area contributed by atoms with Crippen molar-refractivity contribution in [2.45, 2.75) is 51.3 Å². The number of esters is 1. The lowest BCUT2D eigenvalue weighted by molar-refractivity contribution is -0.150. The number of hydrogen-bond acceptors (Lipinski definition) is 5. The second kappa shape index (κ2) is 5.83. The third kappa shape index (κ3) is 3.67. The van der Waals surface area contributed by atoms with Crippen molar-refractivity contribution in [3.63, 3.8) is 0 Å². The first-order chi connectivity index (χ1) is 9.71. The van der Waals surface area contributed by atoms with Crippen molar-refractivity contribution in [3.8, 4) is 0 Å². The first-order valence-electron chi connectivity index (χ1n) is 7.49. The van der Waals surface area contributed by atoms with E-state index in [1.165, 1.54) is 7.11 Å². The molecule has 2 atom stereocenters. The van der Waals surface area contributed by atoms with Crippen LogP contribution in [0.5, 0.6) is 0 Å². The van der Waals surface area contributed by atoms with Crippen LogP contribution in [0.25, 0.3) is 0 Å². The molecule has 0 aromatic heterocycles. The van der Waals surface area contributed by atoms with E-state index in [1.54, 1.807) is 0 Å². The molecule has 0 saturated carbocycles. The van der Waals surface area contributed by atoms with Gasteiger partial charge in [0, 0.05) is 25.2 Å². The van der Waals surface area contributed by atoms with Gasteiger partial charge in [-0.25, -0.2) is 4.79 Å². The zero-order valence-electron chi connectivity index (χ0n) is 13.6. The molecule has 2 aliphatic heterocycles. The summed E-state index contributed by atoms with van der Waals surface area (Å²) in [5.74, 6) is -0.282. The summed E-state index contributed by atoms with van der Waals surface area (Å²) in [6.45, 7) is 7.14. The highest BCUT2D eigenvalue weighted by molar-refractivity contribution is 5.74. The van der Waals surface area contributed by atoms with E-state index in [-0.39, 0.29) is 30.1 Å². The molecule has 2 rings (SSSR count). The monoisotopic (exact) mass is 298 g/mol. The van der Waals surface area contributed by atoms with Gasteiger partial charge in [-0.3, -0.25) is 9.69 Å². The Morgan fingerprint density at radius 1 is 1.10 bits per heavy atom. The highest BCUT2D eigenvalue weighted by Crippen LogP contribution is 2.33. The Morgan fingerprint density at radius 3 is 2.05 bits per heavy atom. The molecule has 21 heavy (non-hydrogen) atoms. The van der Waals surface area contributed by atoms with Gasteiger partial charge in [0.15, 0.2) is 0 Å². The van der Waals surface area contributed by atoms with Crippen molar-refractivity contribution in [2.75, 3.05) is 27.2 Å². The van der Waals surface area contributed by atoms with Crippen molar-refractivity contribution >= 4 is 12.1 Å². The summed E-state index contributed by atoms with van der Waals surface area (Å²) in [7, 11) is 3.47. The summed E-state index contributed by atoms with van der Waals surface area (Å²) in [5.41, 5.74) is -0.503. The molecule has 0 aliphatic carbocycles. The molecule has 0 aromatic carbocycles. The number of likely N-dealkylation sites (N-methyl/N-ethyl adjacent to an activating group) is 1. The normalized spacial score (nSPS) is 30.0. The zero-order chi connectivity index (χ0) is 15.8. The highest BCUT2D eigenvalue weighted by Gasteiger charge is 2.46. The van der Waals surface area contributed by atoms with Crippen molar-refractivity contribution < 1.29 is 19.1 Å². The molecule has 120 valence electrons. The molecule has 6 heteroatoms. The van der Waals surface area contributed by atoms with Crippen LogP contribution in [0.3, 0.4) is 0 Å². The summed E-state index contributed by atoms with van der Waals surface area (Å²) in [4.78, 5) is 28.3. The molecule has 0 N–H and O–H groups in total. The molecule has 2 heterocycles. The van der Waals surface area contributed by atoms with Gasteiger partial charge in [-0.1, -0.05) is 0 Å². The Balaban J connectivity index is 2.13. The fourth-order valence-corrected chi connectivity index (χ4v) is 3.37. The first-order valence-corrected chi connectivity index (χ1v) is 7.49. The smallest absolute Gasteiger partial charge is 0.410 e. The summed E-state index contributed by atoms with van der Waals surface area (Å²) in [6, 6.07) is 0.0305. The van der Waals surface area contributed by atoms with E-state index in [2.05, 4.69) is 4.90 Å². The summed E-state index contributed by atoms with van der Waals surface area (Å²) >= 11 is 0. The third-order valence-corrected chi connectivity index (χ3v) is 4.08. The van der Waals surface area contributed by atoms with Crippen LogP contribution in [0.2, 0.25) is 0 Å². The van der Waals surface area contributed by atoms with Crippen LogP contribution in [-0.4, -0.2) is 66.8 Å². The molecular formula is C15H26N2O4. The number of amides is 1. The van der Waals surface area contributed by atoms with Gasteiger partial charge in [0.2, 0.25) is 0 Å². The van der Waals surface area contributed by atoms with E-state index in [4.69, 9.17) is 9.47 Å². The van der Waals surface area contributed by atoms with Gasteiger partial charge in [-0.15, -0.1) is 0 Å². The summed E-state index contributed by atoms with van der Waals surface area (Å²) in [6.07, 6.45) is 1.02. The number of methoxy groups -OCH3 is 1. The maximum absolute atomic E-state index is 12.4. The van der Waals surface area contributed by atoms with Crippen LogP contribution in [0.4, 0.5) is 4.79 Å². The minimum Gasteiger partial charge on any atom is -0.469 e. The molecule has 2 fully saturated rings. The Morgan fingerprint density at radius 2 is 1.62 bits per heavy atom. The van der Waals surface area contributed by atoms with Crippen molar-refractivity contribution in [1.82, 2.24) is 9.80 Å². The number of carbonyl (C=O) groups excluding carboxylic acids is 2. The molecule has 6 nitrogen and oxygen atoms in total. The number of carbonyl (C=O) groups is 2. The van der Waals surface area contributed by atoms with E-state index in [0.29, 0.717) is 12.8 Å². The first kappa shape index (κ1) is 16.1. The van der Waals surface area contributed by atoms with Crippen LogP contribution in [0, 0.1) is 5.92 Å². The lowest BCUT2D eigenvalue weighted by Crippen LogP contribution is -2.64. The SMILES string of the molecule is COC(=O)C1CC2CN(C)CC(C1)N2C(=O)OC(C)(C)C. The molecule has 2 unspecified atom stereocenters. The van der Waals surface area contributed by atoms with Gasteiger partial charge in [0.25, 0.3) is 0 Å². The zero-order valence-corrected chi connectivity index (χ0v) is 13.6. The summed E-state index contributed by atoms with van der Waals surface area (Å²) in [5, 5.41) is 0. The lowest BCUT2D eigenvalue weighted by atomic mass is 9.83. The predicted octanol–water partition coefficient (Wildman–Crippen LogP) is 1.49. The number of ether oxygens (including phenoxy) is 2. The van der Waals surface area contributed by atoms with Crippen molar-refractivity contribution in [2.24, 2.45) is 5.92 Å². The number of hydrogen-bond donors (Lipinski definition) is 0. The van der Waals surface area contributed by atoms with Gasteiger partial charge in [0.1, 0.15) is 5.60 Å². The fourth-order valence-electron chi connectivity index (χ4n) is 3.37. The molecule has 2 aliphatic rings. The number of likely N-dealkylation sites (tertiary alicyclic amines) is 1. The number of piperazine rings is 1. The molecule has 0 spiro atoms. The fraction of sp³-hybridized carbons (Fsp3) is 0.867. The predicted molar refractivity (Wildman–Crippen MR) is 77.9 cm³/mol. The molecule has 0 aromatic rings. The minimum atomic E-state index is -0.503. The van der Waals surface area contributed by atoms with E-state index < -0.39 is 5.60 Å².